The third-order valence-electron chi connectivity index (χ3n) is 4.85. The minimum atomic E-state index is 0.0710. The lowest BCUT2D eigenvalue weighted by Gasteiger charge is -2.30. The van der Waals surface area contributed by atoms with Gasteiger partial charge in [0.25, 0.3) is 0 Å². The fraction of sp³-hybridized carbons (Fsp3) is 0.381. The first-order valence-corrected chi connectivity index (χ1v) is 8.46. The summed E-state index contributed by atoms with van der Waals surface area (Å²) in [5, 5.41) is 0. The molecule has 1 aliphatic rings. The van der Waals surface area contributed by atoms with Crippen molar-refractivity contribution in [3.8, 4) is 0 Å². The first kappa shape index (κ1) is 15.0. The summed E-state index contributed by atoms with van der Waals surface area (Å²) in [5.41, 5.74) is 2.33. The van der Waals surface area contributed by atoms with Crippen molar-refractivity contribution in [1.29, 1.82) is 0 Å². The maximum absolute atomic E-state index is 13.0. The topological polar surface area (TPSA) is 17.1 Å². The summed E-state index contributed by atoms with van der Waals surface area (Å²) in [5.74, 6) is 0.971. The van der Waals surface area contributed by atoms with Crippen LogP contribution < -0.4 is 0 Å². The summed E-state index contributed by atoms with van der Waals surface area (Å²) in [6.07, 6.45) is 6.81. The Morgan fingerprint density at radius 1 is 0.864 bits per heavy atom. The molecule has 0 radical (unpaired) electrons. The van der Waals surface area contributed by atoms with E-state index in [-0.39, 0.29) is 5.92 Å². The van der Waals surface area contributed by atoms with Crippen molar-refractivity contribution in [1.82, 2.24) is 0 Å². The zero-order valence-electron chi connectivity index (χ0n) is 13.1. The molecule has 1 saturated carbocycles. The van der Waals surface area contributed by atoms with E-state index in [1.165, 1.54) is 37.7 Å². The van der Waals surface area contributed by atoms with Gasteiger partial charge >= 0.3 is 0 Å². The smallest absolute Gasteiger partial charge is 0.144 e. The lowest BCUT2D eigenvalue weighted by Crippen LogP contribution is -2.25. The molecule has 0 saturated heterocycles. The Hall–Kier alpha value is -1.89. The zero-order valence-corrected chi connectivity index (χ0v) is 13.1. The highest BCUT2D eigenvalue weighted by atomic mass is 16.1. The van der Waals surface area contributed by atoms with Crippen LogP contribution in [0.3, 0.4) is 0 Å². The van der Waals surface area contributed by atoms with Gasteiger partial charge < -0.3 is 0 Å². The van der Waals surface area contributed by atoms with Crippen LogP contribution in [0.15, 0.2) is 60.7 Å². The lowest BCUT2D eigenvalue weighted by atomic mass is 9.74. The van der Waals surface area contributed by atoms with Gasteiger partial charge in [0.1, 0.15) is 5.78 Å². The van der Waals surface area contributed by atoms with Crippen LogP contribution in [0.2, 0.25) is 0 Å². The maximum Gasteiger partial charge on any atom is 0.144 e. The molecule has 0 amide bonds. The van der Waals surface area contributed by atoms with Crippen LogP contribution in [-0.2, 0) is 11.2 Å². The number of benzene rings is 2. The molecule has 3 rings (SSSR count). The van der Waals surface area contributed by atoms with Gasteiger partial charge in [-0.3, -0.25) is 4.79 Å². The van der Waals surface area contributed by atoms with Crippen LogP contribution in [0, 0.1) is 5.92 Å². The summed E-state index contributed by atoms with van der Waals surface area (Å²) in [6, 6.07) is 20.5. The van der Waals surface area contributed by atoms with Gasteiger partial charge in [-0.1, -0.05) is 79.9 Å². The zero-order chi connectivity index (χ0) is 15.2. The van der Waals surface area contributed by atoms with E-state index >= 15 is 0 Å². The van der Waals surface area contributed by atoms with E-state index in [2.05, 4.69) is 36.4 Å². The van der Waals surface area contributed by atoms with Crippen LogP contribution in [0.5, 0.6) is 0 Å². The normalized spacial score (nSPS) is 17.1. The molecule has 0 heterocycles. The Labute approximate surface area is 133 Å². The number of rotatable bonds is 5. The summed E-state index contributed by atoms with van der Waals surface area (Å²) >= 11 is 0. The molecule has 0 aromatic heterocycles. The van der Waals surface area contributed by atoms with Crippen molar-refractivity contribution in [3.05, 3.63) is 71.8 Å². The Morgan fingerprint density at radius 2 is 1.45 bits per heavy atom. The number of carbonyl (C=O) groups excluding carboxylic acids is 1. The highest BCUT2D eigenvalue weighted by Gasteiger charge is 2.30. The van der Waals surface area contributed by atoms with Crippen LogP contribution in [0.1, 0.15) is 49.1 Å². The molecule has 1 unspecified atom stereocenters. The predicted octanol–water partition coefficient (Wildman–Crippen LogP) is 5.16. The van der Waals surface area contributed by atoms with Crippen LogP contribution in [0.4, 0.5) is 0 Å². The molecule has 1 aliphatic carbocycles. The SMILES string of the molecule is O=C(Cc1ccccc1)C(c1ccccc1)C1CCCCC1. The Balaban J connectivity index is 1.82. The molecule has 114 valence electrons. The third kappa shape index (κ3) is 3.65. The second-order valence-corrected chi connectivity index (χ2v) is 6.42. The summed E-state index contributed by atoms with van der Waals surface area (Å²) in [4.78, 5) is 13.0. The highest BCUT2D eigenvalue weighted by Crippen LogP contribution is 2.37. The third-order valence-corrected chi connectivity index (χ3v) is 4.85. The van der Waals surface area contributed by atoms with E-state index in [1.54, 1.807) is 0 Å². The van der Waals surface area contributed by atoms with Crippen LogP contribution >= 0.6 is 0 Å². The molecule has 22 heavy (non-hydrogen) atoms. The van der Waals surface area contributed by atoms with Crippen LogP contribution in [0.25, 0.3) is 0 Å². The van der Waals surface area contributed by atoms with Gasteiger partial charge in [0.2, 0.25) is 0 Å². The summed E-state index contributed by atoms with van der Waals surface area (Å²) in [7, 11) is 0. The van der Waals surface area contributed by atoms with Crippen molar-refractivity contribution < 1.29 is 4.79 Å². The molecule has 1 atom stereocenters. The number of hydrogen-bond acceptors (Lipinski definition) is 1. The van der Waals surface area contributed by atoms with Gasteiger partial charge in [0.15, 0.2) is 0 Å². The standard InChI is InChI=1S/C21H24O/c22-20(16-17-10-4-1-5-11-17)21(18-12-6-2-7-13-18)19-14-8-3-9-15-19/h1-2,4-7,10-13,19,21H,3,8-9,14-16H2. The minimum Gasteiger partial charge on any atom is -0.299 e. The van der Waals surface area contributed by atoms with Crippen LogP contribution in [-0.4, -0.2) is 5.78 Å². The number of carbonyl (C=O) groups is 1. The van der Waals surface area contributed by atoms with Gasteiger partial charge in [-0.25, -0.2) is 0 Å². The molecule has 1 heteroatoms. The Bertz CT molecular complexity index is 582. The average molecular weight is 292 g/mol. The van der Waals surface area contributed by atoms with Gasteiger partial charge in [-0.15, -0.1) is 0 Å². The van der Waals surface area contributed by atoms with E-state index in [4.69, 9.17) is 0 Å². The average Bonchev–Trinajstić information content (AvgIpc) is 2.58. The fourth-order valence-electron chi connectivity index (χ4n) is 3.76. The molecule has 2 aromatic rings. The molecule has 0 spiro atoms. The Kier molecular flexibility index (Phi) is 5.05. The maximum atomic E-state index is 13.0. The van der Waals surface area contributed by atoms with E-state index in [0.717, 1.165) is 5.56 Å². The quantitative estimate of drug-likeness (QED) is 0.743. The highest BCUT2D eigenvalue weighted by molar-refractivity contribution is 5.88. The molecule has 0 aliphatic heterocycles. The van der Waals surface area contributed by atoms with Crippen molar-refractivity contribution in [2.75, 3.05) is 0 Å². The van der Waals surface area contributed by atoms with Crippen molar-refractivity contribution >= 4 is 5.78 Å². The summed E-state index contributed by atoms with van der Waals surface area (Å²) in [6.45, 7) is 0. The van der Waals surface area contributed by atoms with Gasteiger partial charge in [0.05, 0.1) is 0 Å². The van der Waals surface area contributed by atoms with Crippen molar-refractivity contribution in [2.24, 2.45) is 5.92 Å². The first-order valence-electron chi connectivity index (χ1n) is 8.46. The van der Waals surface area contributed by atoms with Crippen molar-refractivity contribution in [3.63, 3.8) is 0 Å². The molecule has 2 aromatic carbocycles. The fourth-order valence-corrected chi connectivity index (χ4v) is 3.76. The van der Waals surface area contributed by atoms with Gasteiger partial charge in [0, 0.05) is 12.3 Å². The van der Waals surface area contributed by atoms with Gasteiger partial charge in [-0.2, -0.15) is 0 Å². The lowest BCUT2D eigenvalue weighted by molar-refractivity contribution is -0.121. The largest absolute Gasteiger partial charge is 0.299 e. The van der Waals surface area contributed by atoms with E-state index in [9.17, 15) is 4.79 Å². The van der Waals surface area contributed by atoms with E-state index in [1.807, 2.05) is 24.3 Å². The monoisotopic (exact) mass is 292 g/mol. The molecule has 1 fully saturated rings. The molecule has 1 nitrogen and oxygen atoms in total. The molecular formula is C21H24O. The molecular weight excluding hydrogens is 268 g/mol. The Morgan fingerprint density at radius 3 is 2.09 bits per heavy atom. The van der Waals surface area contributed by atoms with E-state index in [0.29, 0.717) is 18.1 Å². The summed E-state index contributed by atoms with van der Waals surface area (Å²) < 4.78 is 0. The molecule has 0 bridgehead atoms. The minimum absolute atomic E-state index is 0.0710. The predicted molar refractivity (Wildman–Crippen MR) is 90.9 cm³/mol. The van der Waals surface area contributed by atoms with E-state index < -0.39 is 0 Å². The number of ketones is 1. The second kappa shape index (κ2) is 7.40. The van der Waals surface area contributed by atoms with Gasteiger partial charge in [-0.05, 0) is 29.9 Å². The van der Waals surface area contributed by atoms with Crippen molar-refractivity contribution in [2.45, 2.75) is 44.4 Å². The number of hydrogen-bond donors (Lipinski definition) is 0. The molecule has 0 N–H and O–H groups in total. The number of Topliss-reactive ketones (excluding diaryl/α,β-unsaturated/α-hetero) is 1. The second-order valence-electron chi connectivity index (χ2n) is 6.42. The first-order chi connectivity index (χ1) is 10.8.